The summed E-state index contributed by atoms with van der Waals surface area (Å²) < 4.78 is 5.38. The average Bonchev–Trinajstić information content (AvgIpc) is 2.96. The Morgan fingerprint density at radius 1 is 1.30 bits per heavy atom. The first-order valence-electron chi connectivity index (χ1n) is 6.25. The molecule has 0 aliphatic carbocycles. The van der Waals surface area contributed by atoms with Gasteiger partial charge in [-0.2, -0.15) is 0 Å². The van der Waals surface area contributed by atoms with Crippen molar-refractivity contribution >= 4 is 22.2 Å². The zero-order chi connectivity index (χ0) is 13.9. The van der Waals surface area contributed by atoms with Crippen molar-refractivity contribution in [1.29, 1.82) is 0 Å². The summed E-state index contributed by atoms with van der Waals surface area (Å²) in [4.78, 5) is 5.45. The van der Waals surface area contributed by atoms with Gasteiger partial charge in [0.25, 0.3) is 0 Å². The van der Waals surface area contributed by atoms with Gasteiger partial charge >= 0.3 is 0 Å². The van der Waals surface area contributed by atoms with Gasteiger partial charge in [0.1, 0.15) is 5.75 Å². The number of hydrogen-bond acceptors (Lipinski definition) is 5. The van der Waals surface area contributed by atoms with Crippen LogP contribution in [-0.2, 0) is 0 Å². The van der Waals surface area contributed by atoms with Crippen LogP contribution in [0.15, 0.2) is 48.0 Å². The van der Waals surface area contributed by atoms with Crippen LogP contribution in [0, 0.1) is 0 Å². The number of ether oxygens (including phenoxy) is 1. The molecule has 1 unspecified atom stereocenters. The first kappa shape index (κ1) is 13.1. The maximum Gasteiger partial charge on any atom is 0.134 e. The topological polar surface area (TPSA) is 60.2 Å². The van der Waals surface area contributed by atoms with Crippen LogP contribution >= 0.6 is 11.3 Å². The number of hydrogen-bond donors (Lipinski definition) is 2. The van der Waals surface area contributed by atoms with Crippen LogP contribution in [-0.4, -0.2) is 12.1 Å². The standard InChI is InChI=1S/C15H15N3OS/c1-19-13-6-8-20-15(13)14(18-16)11-5-4-10-3-2-7-17-12(10)9-11/h2-9,14,18H,16H2,1H3. The van der Waals surface area contributed by atoms with Crippen molar-refractivity contribution in [2.45, 2.75) is 6.04 Å². The Bertz CT molecular complexity index is 726. The van der Waals surface area contributed by atoms with Crippen LogP contribution in [0.2, 0.25) is 0 Å². The highest BCUT2D eigenvalue weighted by atomic mass is 32.1. The SMILES string of the molecule is COc1ccsc1C(NN)c1ccc2cccnc2c1. The molecule has 3 rings (SSSR count). The van der Waals surface area contributed by atoms with Gasteiger partial charge in [-0.1, -0.05) is 18.2 Å². The van der Waals surface area contributed by atoms with Gasteiger partial charge in [0.05, 0.1) is 23.5 Å². The number of rotatable bonds is 4. The molecule has 4 nitrogen and oxygen atoms in total. The van der Waals surface area contributed by atoms with E-state index in [0.29, 0.717) is 0 Å². The minimum atomic E-state index is -0.101. The van der Waals surface area contributed by atoms with Gasteiger partial charge in [0.2, 0.25) is 0 Å². The van der Waals surface area contributed by atoms with Gasteiger partial charge in [0.15, 0.2) is 0 Å². The summed E-state index contributed by atoms with van der Waals surface area (Å²) in [5, 5.41) is 3.11. The fourth-order valence-corrected chi connectivity index (χ4v) is 3.22. The number of pyridine rings is 1. The molecule has 0 aliphatic rings. The summed E-state index contributed by atoms with van der Waals surface area (Å²) in [6, 6.07) is 12.0. The van der Waals surface area contributed by atoms with Gasteiger partial charge in [-0.25, -0.2) is 5.43 Å². The van der Waals surface area contributed by atoms with E-state index in [9.17, 15) is 0 Å². The maximum absolute atomic E-state index is 5.74. The summed E-state index contributed by atoms with van der Waals surface area (Å²) in [5.74, 6) is 6.59. The van der Waals surface area contributed by atoms with Gasteiger partial charge < -0.3 is 4.74 Å². The Morgan fingerprint density at radius 2 is 2.20 bits per heavy atom. The van der Waals surface area contributed by atoms with Crippen molar-refractivity contribution in [2.24, 2.45) is 5.84 Å². The second-order valence-electron chi connectivity index (χ2n) is 4.41. The summed E-state index contributed by atoms with van der Waals surface area (Å²) in [7, 11) is 1.67. The van der Waals surface area contributed by atoms with Crippen LogP contribution in [0.1, 0.15) is 16.5 Å². The zero-order valence-electron chi connectivity index (χ0n) is 11.0. The number of nitrogens with one attached hydrogen (secondary N) is 1. The lowest BCUT2D eigenvalue weighted by atomic mass is 10.0. The van der Waals surface area contributed by atoms with Gasteiger partial charge in [-0.05, 0) is 29.1 Å². The lowest BCUT2D eigenvalue weighted by Gasteiger charge is -2.16. The van der Waals surface area contributed by atoms with Crippen LogP contribution in [0.5, 0.6) is 5.75 Å². The van der Waals surface area contributed by atoms with E-state index >= 15 is 0 Å². The third kappa shape index (κ3) is 2.27. The smallest absolute Gasteiger partial charge is 0.134 e. The fourth-order valence-electron chi connectivity index (χ4n) is 2.27. The Hall–Kier alpha value is -1.95. The molecule has 2 heterocycles. The first-order chi connectivity index (χ1) is 9.83. The quantitative estimate of drug-likeness (QED) is 0.571. The van der Waals surface area contributed by atoms with E-state index in [-0.39, 0.29) is 6.04 Å². The molecule has 0 amide bonds. The number of aromatic nitrogens is 1. The highest BCUT2D eigenvalue weighted by Gasteiger charge is 2.18. The number of benzene rings is 1. The molecular formula is C15H15N3OS. The van der Waals surface area contributed by atoms with Crippen molar-refractivity contribution in [2.75, 3.05) is 7.11 Å². The third-order valence-corrected chi connectivity index (χ3v) is 4.23. The molecule has 5 heteroatoms. The fraction of sp³-hybridized carbons (Fsp3) is 0.133. The lowest BCUT2D eigenvalue weighted by molar-refractivity contribution is 0.408. The molecule has 0 bridgehead atoms. The molecule has 0 fully saturated rings. The monoisotopic (exact) mass is 285 g/mol. The highest BCUT2D eigenvalue weighted by Crippen LogP contribution is 2.34. The van der Waals surface area contributed by atoms with Gasteiger partial charge in [-0.3, -0.25) is 10.8 Å². The van der Waals surface area contributed by atoms with E-state index in [1.807, 2.05) is 23.6 Å². The van der Waals surface area contributed by atoms with E-state index in [1.165, 1.54) is 0 Å². The predicted molar refractivity (Wildman–Crippen MR) is 81.8 cm³/mol. The molecule has 0 aliphatic heterocycles. The summed E-state index contributed by atoms with van der Waals surface area (Å²) in [5.41, 5.74) is 4.89. The Labute approximate surface area is 121 Å². The predicted octanol–water partition coefficient (Wildman–Crippen LogP) is 2.86. The summed E-state index contributed by atoms with van der Waals surface area (Å²) >= 11 is 1.62. The molecule has 0 spiro atoms. The number of nitrogens with zero attached hydrogens (tertiary/aromatic N) is 1. The zero-order valence-corrected chi connectivity index (χ0v) is 11.9. The summed E-state index contributed by atoms with van der Waals surface area (Å²) in [6.07, 6.45) is 1.79. The molecule has 3 N–H and O–H groups in total. The van der Waals surface area contributed by atoms with Crippen molar-refractivity contribution in [3.63, 3.8) is 0 Å². The molecule has 1 aromatic carbocycles. The molecular weight excluding hydrogens is 270 g/mol. The second-order valence-corrected chi connectivity index (χ2v) is 5.36. The van der Waals surface area contributed by atoms with Gasteiger partial charge in [0, 0.05) is 11.6 Å². The van der Waals surface area contributed by atoms with E-state index < -0.39 is 0 Å². The molecule has 1 atom stereocenters. The second kappa shape index (κ2) is 5.58. The summed E-state index contributed by atoms with van der Waals surface area (Å²) in [6.45, 7) is 0. The van der Waals surface area contributed by atoms with Gasteiger partial charge in [-0.15, -0.1) is 11.3 Å². The number of hydrazine groups is 1. The van der Waals surface area contributed by atoms with Crippen molar-refractivity contribution < 1.29 is 4.74 Å². The number of fused-ring (bicyclic) bond motifs is 1. The third-order valence-electron chi connectivity index (χ3n) is 3.27. The maximum atomic E-state index is 5.74. The molecule has 102 valence electrons. The normalized spacial score (nSPS) is 12.5. The lowest BCUT2D eigenvalue weighted by Crippen LogP contribution is -2.28. The van der Waals surface area contributed by atoms with E-state index in [2.05, 4.69) is 28.6 Å². The van der Waals surface area contributed by atoms with E-state index in [4.69, 9.17) is 10.6 Å². The van der Waals surface area contributed by atoms with Crippen LogP contribution in [0.25, 0.3) is 10.9 Å². The Morgan fingerprint density at radius 3 is 3.00 bits per heavy atom. The largest absolute Gasteiger partial charge is 0.496 e. The molecule has 0 radical (unpaired) electrons. The molecule has 2 aromatic heterocycles. The van der Waals surface area contributed by atoms with E-state index in [1.54, 1.807) is 24.6 Å². The molecule has 3 aromatic rings. The highest BCUT2D eigenvalue weighted by molar-refractivity contribution is 7.10. The average molecular weight is 285 g/mol. The number of nitrogens with two attached hydrogens (primary N) is 1. The van der Waals surface area contributed by atoms with Crippen molar-refractivity contribution in [3.8, 4) is 5.75 Å². The number of thiophene rings is 1. The van der Waals surface area contributed by atoms with Crippen molar-refractivity contribution in [3.05, 3.63) is 58.4 Å². The molecule has 20 heavy (non-hydrogen) atoms. The molecule has 0 saturated heterocycles. The van der Waals surface area contributed by atoms with Crippen molar-refractivity contribution in [1.82, 2.24) is 10.4 Å². The van der Waals surface area contributed by atoms with Crippen LogP contribution in [0.3, 0.4) is 0 Å². The Kier molecular flexibility index (Phi) is 3.64. The molecule has 0 saturated carbocycles. The Balaban J connectivity index is 2.07. The van der Waals surface area contributed by atoms with Crippen LogP contribution < -0.4 is 16.0 Å². The van der Waals surface area contributed by atoms with E-state index in [0.717, 1.165) is 27.1 Å². The minimum Gasteiger partial charge on any atom is -0.496 e. The number of methoxy groups -OCH3 is 1. The minimum absolute atomic E-state index is 0.101. The van der Waals surface area contributed by atoms with Crippen LogP contribution in [0.4, 0.5) is 0 Å². The first-order valence-corrected chi connectivity index (χ1v) is 7.13.